The molecule has 23 heavy (non-hydrogen) atoms. The zero-order valence-corrected chi connectivity index (χ0v) is 12.9. The Kier molecular flexibility index (Phi) is 4.08. The molecule has 0 aliphatic rings. The van der Waals surface area contributed by atoms with Crippen molar-refractivity contribution in [1.82, 2.24) is 14.8 Å². The number of aromatic nitrogens is 3. The number of carbonyl (C=O) groups is 1. The number of rotatable bonds is 3. The molecule has 0 aliphatic heterocycles. The van der Waals surface area contributed by atoms with Crippen LogP contribution in [0.1, 0.15) is 10.4 Å². The summed E-state index contributed by atoms with van der Waals surface area (Å²) < 4.78 is 15.5. The van der Waals surface area contributed by atoms with Gasteiger partial charge in [-0.25, -0.2) is 4.39 Å². The van der Waals surface area contributed by atoms with Crippen molar-refractivity contribution < 1.29 is 9.18 Å². The summed E-state index contributed by atoms with van der Waals surface area (Å²) in [5, 5.41) is 10.8. The van der Waals surface area contributed by atoms with E-state index in [-0.39, 0.29) is 5.56 Å². The molecule has 0 fully saturated rings. The highest BCUT2D eigenvalue weighted by molar-refractivity contribution is 6.31. The van der Waals surface area contributed by atoms with E-state index < -0.39 is 11.7 Å². The standard InChI is InChI=1S/C16H12ClFN4O/c1-22-9-19-21-15(22)10-3-2-4-12(7-10)20-16(23)13-8-11(17)5-6-14(13)18/h2-9H,1H3,(H,20,23). The van der Waals surface area contributed by atoms with Gasteiger partial charge in [-0.05, 0) is 30.3 Å². The van der Waals surface area contributed by atoms with E-state index >= 15 is 0 Å². The second-order valence-electron chi connectivity index (χ2n) is 4.92. The quantitative estimate of drug-likeness (QED) is 0.799. The number of carbonyl (C=O) groups excluding carboxylic acids is 1. The number of hydrogen-bond acceptors (Lipinski definition) is 3. The Morgan fingerprint density at radius 2 is 2.09 bits per heavy atom. The molecule has 116 valence electrons. The fourth-order valence-corrected chi connectivity index (χ4v) is 2.32. The number of benzene rings is 2. The van der Waals surface area contributed by atoms with Crippen molar-refractivity contribution in [3.8, 4) is 11.4 Å². The largest absolute Gasteiger partial charge is 0.322 e. The van der Waals surface area contributed by atoms with E-state index in [1.807, 2.05) is 13.1 Å². The van der Waals surface area contributed by atoms with Gasteiger partial charge in [0.2, 0.25) is 0 Å². The van der Waals surface area contributed by atoms with Crippen LogP contribution < -0.4 is 5.32 Å². The average molecular weight is 331 g/mol. The van der Waals surface area contributed by atoms with Gasteiger partial charge in [-0.3, -0.25) is 4.79 Å². The summed E-state index contributed by atoms with van der Waals surface area (Å²) in [5.41, 5.74) is 1.20. The highest BCUT2D eigenvalue weighted by Crippen LogP contribution is 2.21. The molecule has 7 heteroatoms. The van der Waals surface area contributed by atoms with Crippen LogP contribution in [0.4, 0.5) is 10.1 Å². The molecule has 2 aromatic carbocycles. The number of nitrogens with one attached hydrogen (secondary N) is 1. The molecule has 3 rings (SSSR count). The Balaban J connectivity index is 1.87. The topological polar surface area (TPSA) is 59.8 Å². The number of halogens is 2. The minimum Gasteiger partial charge on any atom is -0.322 e. The maximum Gasteiger partial charge on any atom is 0.258 e. The van der Waals surface area contributed by atoms with Gasteiger partial charge in [-0.2, -0.15) is 0 Å². The molecule has 5 nitrogen and oxygen atoms in total. The molecular weight excluding hydrogens is 319 g/mol. The van der Waals surface area contributed by atoms with Crippen molar-refractivity contribution in [1.29, 1.82) is 0 Å². The lowest BCUT2D eigenvalue weighted by Crippen LogP contribution is -2.13. The van der Waals surface area contributed by atoms with Crippen molar-refractivity contribution in [2.24, 2.45) is 7.05 Å². The van der Waals surface area contributed by atoms with Crippen molar-refractivity contribution in [3.05, 3.63) is 65.2 Å². The van der Waals surface area contributed by atoms with Gasteiger partial charge in [0.25, 0.3) is 5.91 Å². The first kappa shape index (κ1) is 15.2. The van der Waals surface area contributed by atoms with Crippen LogP contribution in [-0.4, -0.2) is 20.7 Å². The third-order valence-electron chi connectivity index (χ3n) is 3.26. The van der Waals surface area contributed by atoms with Crippen LogP contribution in [-0.2, 0) is 7.05 Å². The highest BCUT2D eigenvalue weighted by atomic mass is 35.5. The monoisotopic (exact) mass is 330 g/mol. The van der Waals surface area contributed by atoms with Gasteiger partial charge in [-0.1, -0.05) is 23.7 Å². The molecule has 0 saturated heterocycles. The van der Waals surface area contributed by atoms with Crippen LogP contribution in [0, 0.1) is 5.82 Å². The lowest BCUT2D eigenvalue weighted by Gasteiger charge is -2.08. The van der Waals surface area contributed by atoms with Crippen LogP contribution in [0.5, 0.6) is 0 Å². The summed E-state index contributed by atoms with van der Waals surface area (Å²) in [5.74, 6) is -0.536. The number of aryl methyl sites for hydroxylation is 1. The van der Waals surface area contributed by atoms with Crippen molar-refractivity contribution >= 4 is 23.2 Å². The van der Waals surface area contributed by atoms with Gasteiger partial charge in [0.15, 0.2) is 5.82 Å². The first-order valence-electron chi connectivity index (χ1n) is 6.75. The lowest BCUT2D eigenvalue weighted by atomic mass is 10.1. The number of anilines is 1. The van der Waals surface area contributed by atoms with Gasteiger partial charge in [0.05, 0.1) is 5.56 Å². The molecule has 1 heterocycles. The van der Waals surface area contributed by atoms with Crippen LogP contribution in [0.25, 0.3) is 11.4 Å². The molecule has 3 aromatic rings. The van der Waals surface area contributed by atoms with E-state index in [1.165, 1.54) is 12.1 Å². The summed E-state index contributed by atoms with van der Waals surface area (Å²) in [6.45, 7) is 0. The molecular formula is C16H12ClFN4O. The normalized spacial score (nSPS) is 10.6. The summed E-state index contributed by atoms with van der Waals surface area (Å²) in [4.78, 5) is 12.2. The van der Waals surface area contributed by atoms with E-state index in [0.717, 1.165) is 11.6 Å². The number of hydrogen-bond donors (Lipinski definition) is 1. The maximum absolute atomic E-state index is 13.7. The van der Waals surface area contributed by atoms with Gasteiger partial charge in [0.1, 0.15) is 12.1 Å². The Morgan fingerprint density at radius 3 is 2.83 bits per heavy atom. The molecule has 0 bridgehead atoms. The molecule has 0 radical (unpaired) electrons. The third kappa shape index (κ3) is 3.22. The number of amides is 1. The first-order chi connectivity index (χ1) is 11.0. The van der Waals surface area contributed by atoms with Gasteiger partial charge in [0, 0.05) is 23.3 Å². The average Bonchev–Trinajstić information content (AvgIpc) is 2.96. The Bertz CT molecular complexity index is 878. The molecule has 0 atom stereocenters. The predicted octanol–water partition coefficient (Wildman–Crippen LogP) is 3.53. The first-order valence-corrected chi connectivity index (χ1v) is 7.13. The Labute approximate surface area is 136 Å². The van der Waals surface area contributed by atoms with Crippen LogP contribution in [0.15, 0.2) is 48.8 Å². The molecule has 1 amide bonds. The third-order valence-corrected chi connectivity index (χ3v) is 3.50. The van der Waals surface area contributed by atoms with Crippen LogP contribution in [0.3, 0.4) is 0 Å². The Morgan fingerprint density at radius 1 is 1.26 bits per heavy atom. The van der Waals surface area contributed by atoms with E-state index in [2.05, 4.69) is 15.5 Å². The van der Waals surface area contributed by atoms with E-state index in [4.69, 9.17) is 11.6 Å². The van der Waals surface area contributed by atoms with Gasteiger partial charge < -0.3 is 9.88 Å². The van der Waals surface area contributed by atoms with Crippen molar-refractivity contribution in [2.75, 3.05) is 5.32 Å². The predicted molar refractivity (Wildman–Crippen MR) is 85.8 cm³/mol. The van der Waals surface area contributed by atoms with E-state index in [9.17, 15) is 9.18 Å². The molecule has 0 unspecified atom stereocenters. The lowest BCUT2D eigenvalue weighted by molar-refractivity contribution is 0.102. The molecule has 0 spiro atoms. The summed E-state index contributed by atoms with van der Waals surface area (Å²) in [6, 6.07) is 10.9. The molecule has 0 aliphatic carbocycles. The zero-order valence-electron chi connectivity index (χ0n) is 12.1. The molecule has 1 N–H and O–H groups in total. The van der Waals surface area contributed by atoms with Crippen molar-refractivity contribution in [3.63, 3.8) is 0 Å². The molecule has 1 aromatic heterocycles. The number of nitrogens with zero attached hydrogens (tertiary/aromatic N) is 3. The smallest absolute Gasteiger partial charge is 0.258 e. The molecule has 0 saturated carbocycles. The van der Waals surface area contributed by atoms with Crippen LogP contribution >= 0.6 is 11.6 Å². The van der Waals surface area contributed by atoms with Crippen LogP contribution in [0.2, 0.25) is 5.02 Å². The van der Waals surface area contributed by atoms with Gasteiger partial charge in [-0.15, -0.1) is 10.2 Å². The fraction of sp³-hybridized carbons (Fsp3) is 0.0625. The second-order valence-corrected chi connectivity index (χ2v) is 5.36. The summed E-state index contributed by atoms with van der Waals surface area (Å²) >= 11 is 5.81. The zero-order chi connectivity index (χ0) is 16.4. The van der Waals surface area contributed by atoms with Gasteiger partial charge >= 0.3 is 0 Å². The second kappa shape index (κ2) is 6.18. The highest BCUT2D eigenvalue weighted by Gasteiger charge is 2.13. The SMILES string of the molecule is Cn1cnnc1-c1cccc(NC(=O)c2cc(Cl)ccc2F)c1. The van der Waals surface area contributed by atoms with E-state index in [0.29, 0.717) is 16.5 Å². The summed E-state index contributed by atoms with van der Waals surface area (Å²) in [7, 11) is 1.82. The van der Waals surface area contributed by atoms with E-state index in [1.54, 1.807) is 29.1 Å². The minimum absolute atomic E-state index is 0.110. The minimum atomic E-state index is -0.628. The summed E-state index contributed by atoms with van der Waals surface area (Å²) in [6.07, 6.45) is 1.59. The Hall–Kier alpha value is -2.73. The maximum atomic E-state index is 13.7. The fourth-order valence-electron chi connectivity index (χ4n) is 2.15. The van der Waals surface area contributed by atoms with Crippen molar-refractivity contribution in [2.45, 2.75) is 0 Å².